The van der Waals surface area contributed by atoms with Crippen LogP contribution >= 0.6 is 0 Å². The summed E-state index contributed by atoms with van der Waals surface area (Å²) in [6.07, 6.45) is 1.81. The summed E-state index contributed by atoms with van der Waals surface area (Å²) >= 11 is 0. The van der Waals surface area contributed by atoms with Gasteiger partial charge in [0.2, 0.25) is 0 Å². The van der Waals surface area contributed by atoms with Gasteiger partial charge in [-0.3, -0.25) is 0 Å². The molecule has 1 heterocycles. The molecule has 0 saturated carbocycles. The zero-order chi connectivity index (χ0) is 7.68. The van der Waals surface area contributed by atoms with Crippen LogP contribution in [0.3, 0.4) is 0 Å². The summed E-state index contributed by atoms with van der Waals surface area (Å²) in [7, 11) is 0. The quantitative estimate of drug-likeness (QED) is 0.654. The largest absolute Gasteiger partial charge is 0.374 e. The van der Waals surface area contributed by atoms with Crippen molar-refractivity contribution in [1.29, 1.82) is 0 Å². The van der Waals surface area contributed by atoms with Gasteiger partial charge in [-0.2, -0.15) is 5.10 Å². The molecule has 0 spiro atoms. The zero-order valence-electron chi connectivity index (χ0n) is 5.94. The molecule has 1 aromatic heterocycles. The molecule has 56 valence electrons. The van der Waals surface area contributed by atoms with Crippen LogP contribution in [0, 0.1) is 0 Å². The van der Waals surface area contributed by atoms with Crippen molar-refractivity contribution in [2.45, 2.75) is 6.73 Å². The maximum atomic E-state index is 8.74. The number of rotatable bonds is 1. The van der Waals surface area contributed by atoms with Gasteiger partial charge in [0.25, 0.3) is 0 Å². The third kappa shape index (κ3) is 0.991. The van der Waals surface area contributed by atoms with Crippen molar-refractivity contribution in [3.05, 3.63) is 30.5 Å². The van der Waals surface area contributed by atoms with Crippen molar-refractivity contribution in [3.63, 3.8) is 0 Å². The van der Waals surface area contributed by atoms with Crippen molar-refractivity contribution in [3.8, 4) is 0 Å². The summed E-state index contributed by atoms with van der Waals surface area (Å²) in [5.41, 5.74) is 0.918. The van der Waals surface area contributed by atoms with Crippen LogP contribution in [0.15, 0.2) is 30.5 Å². The molecule has 1 aromatic carbocycles. The lowest BCUT2D eigenvalue weighted by Crippen LogP contribution is -1.95. The molecule has 0 fully saturated rings. The van der Waals surface area contributed by atoms with Gasteiger partial charge >= 0.3 is 0 Å². The van der Waals surface area contributed by atoms with Gasteiger partial charge in [0.05, 0.1) is 5.52 Å². The molecule has 0 atom stereocenters. The number of hydrogen-bond donors (Lipinski definition) is 1. The number of benzene rings is 1. The number of nitrogens with zero attached hydrogens (tertiary/aromatic N) is 2. The molecule has 11 heavy (non-hydrogen) atoms. The summed E-state index contributed by atoms with van der Waals surface area (Å²) in [5.74, 6) is 0. The van der Waals surface area contributed by atoms with Crippen LogP contribution in [0.1, 0.15) is 0 Å². The molecule has 0 aliphatic carbocycles. The minimum absolute atomic E-state index is 0.0608. The summed E-state index contributed by atoms with van der Waals surface area (Å²) in [6.45, 7) is -0.0608. The van der Waals surface area contributed by atoms with Gasteiger partial charge in [-0.25, -0.2) is 4.68 Å². The third-order valence-corrected chi connectivity index (χ3v) is 1.61. The maximum Gasteiger partial charge on any atom is 0.136 e. The molecule has 0 amide bonds. The van der Waals surface area contributed by atoms with Crippen LogP contribution < -0.4 is 0 Å². The Balaban J connectivity index is 2.69. The van der Waals surface area contributed by atoms with Crippen molar-refractivity contribution in [1.82, 2.24) is 9.78 Å². The van der Waals surface area contributed by atoms with E-state index in [4.69, 9.17) is 5.11 Å². The lowest BCUT2D eigenvalue weighted by Gasteiger charge is -1.87. The Morgan fingerprint density at radius 1 is 1.36 bits per heavy atom. The molecule has 0 aliphatic rings. The SMILES string of the molecule is OCn1cc2ccccc2n1. The Morgan fingerprint density at radius 3 is 2.91 bits per heavy atom. The molecule has 0 aliphatic heterocycles. The van der Waals surface area contributed by atoms with Gasteiger partial charge in [-0.1, -0.05) is 18.2 Å². The Morgan fingerprint density at radius 2 is 2.18 bits per heavy atom. The fraction of sp³-hybridized carbons (Fsp3) is 0.125. The maximum absolute atomic E-state index is 8.74. The van der Waals surface area contributed by atoms with E-state index in [-0.39, 0.29) is 6.73 Å². The molecule has 2 rings (SSSR count). The van der Waals surface area contributed by atoms with Gasteiger partial charge in [0.15, 0.2) is 0 Å². The number of aliphatic hydroxyl groups is 1. The lowest BCUT2D eigenvalue weighted by molar-refractivity contribution is 0.196. The average molecular weight is 148 g/mol. The molecule has 2 aromatic rings. The predicted octanol–water partition coefficient (Wildman–Crippen LogP) is 0.986. The first-order chi connectivity index (χ1) is 5.40. The monoisotopic (exact) mass is 148 g/mol. The Kier molecular flexibility index (Phi) is 1.36. The Bertz CT molecular complexity index is 334. The van der Waals surface area contributed by atoms with Crippen LogP contribution in [0.25, 0.3) is 10.9 Å². The van der Waals surface area contributed by atoms with E-state index >= 15 is 0 Å². The van der Waals surface area contributed by atoms with E-state index in [0.717, 1.165) is 10.9 Å². The predicted molar refractivity (Wildman–Crippen MR) is 42.0 cm³/mol. The minimum atomic E-state index is -0.0608. The first-order valence-electron chi connectivity index (χ1n) is 3.43. The molecule has 1 N–H and O–H groups in total. The topological polar surface area (TPSA) is 38.0 Å². The van der Waals surface area contributed by atoms with E-state index in [1.807, 2.05) is 30.5 Å². The molecule has 3 nitrogen and oxygen atoms in total. The molecule has 3 heteroatoms. The molecular formula is C8H8N2O. The Hall–Kier alpha value is -1.35. The van der Waals surface area contributed by atoms with Gasteiger partial charge in [-0.15, -0.1) is 0 Å². The highest BCUT2D eigenvalue weighted by Crippen LogP contribution is 2.09. The van der Waals surface area contributed by atoms with Crippen LogP contribution in [0.5, 0.6) is 0 Å². The summed E-state index contributed by atoms with van der Waals surface area (Å²) in [6, 6.07) is 7.76. The second kappa shape index (κ2) is 2.36. The zero-order valence-corrected chi connectivity index (χ0v) is 5.94. The smallest absolute Gasteiger partial charge is 0.136 e. The third-order valence-electron chi connectivity index (χ3n) is 1.61. The highest BCUT2D eigenvalue weighted by molar-refractivity contribution is 5.77. The van der Waals surface area contributed by atoms with E-state index in [1.165, 1.54) is 4.68 Å². The van der Waals surface area contributed by atoms with Crippen molar-refractivity contribution in [2.24, 2.45) is 0 Å². The second-order valence-electron chi connectivity index (χ2n) is 2.37. The summed E-state index contributed by atoms with van der Waals surface area (Å²) in [4.78, 5) is 0. The van der Waals surface area contributed by atoms with E-state index in [0.29, 0.717) is 0 Å². The van der Waals surface area contributed by atoms with Gasteiger partial charge in [-0.05, 0) is 6.07 Å². The lowest BCUT2D eigenvalue weighted by atomic mass is 10.3. The summed E-state index contributed by atoms with van der Waals surface area (Å²) in [5, 5.41) is 13.9. The van der Waals surface area contributed by atoms with Crippen molar-refractivity contribution >= 4 is 10.9 Å². The number of aromatic nitrogens is 2. The van der Waals surface area contributed by atoms with Crippen molar-refractivity contribution in [2.75, 3.05) is 0 Å². The first kappa shape index (κ1) is 6.37. The average Bonchev–Trinajstić information content (AvgIpc) is 2.46. The number of fused-ring (bicyclic) bond motifs is 1. The molecular weight excluding hydrogens is 140 g/mol. The summed E-state index contributed by atoms with van der Waals surface area (Å²) < 4.78 is 1.50. The highest BCUT2D eigenvalue weighted by Gasteiger charge is 1.95. The van der Waals surface area contributed by atoms with Crippen LogP contribution in [0.2, 0.25) is 0 Å². The molecule has 0 unspecified atom stereocenters. The number of aliphatic hydroxyl groups excluding tert-OH is 1. The Labute approximate surface area is 63.9 Å². The fourth-order valence-electron chi connectivity index (χ4n) is 1.09. The van der Waals surface area contributed by atoms with Crippen LogP contribution in [0.4, 0.5) is 0 Å². The van der Waals surface area contributed by atoms with Crippen molar-refractivity contribution < 1.29 is 5.11 Å². The van der Waals surface area contributed by atoms with E-state index in [1.54, 1.807) is 0 Å². The normalized spacial score (nSPS) is 10.6. The number of hydrogen-bond acceptors (Lipinski definition) is 2. The van der Waals surface area contributed by atoms with Gasteiger partial charge < -0.3 is 5.11 Å². The van der Waals surface area contributed by atoms with E-state index in [2.05, 4.69) is 5.10 Å². The van der Waals surface area contributed by atoms with Crippen LogP contribution in [-0.4, -0.2) is 14.9 Å². The van der Waals surface area contributed by atoms with E-state index < -0.39 is 0 Å². The second-order valence-corrected chi connectivity index (χ2v) is 2.37. The standard InChI is InChI=1S/C8H8N2O/c11-6-10-5-7-3-1-2-4-8(7)9-10/h1-5,11H,6H2. The van der Waals surface area contributed by atoms with E-state index in [9.17, 15) is 0 Å². The molecule has 0 radical (unpaired) electrons. The minimum Gasteiger partial charge on any atom is -0.374 e. The fourth-order valence-corrected chi connectivity index (χ4v) is 1.09. The molecule has 0 bridgehead atoms. The highest BCUT2D eigenvalue weighted by atomic mass is 16.3. The van der Waals surface area contributed by atoms with Gasteiger partial charge in [0.1, 0.15) is 6.73 Å². The first-order valence-corrected chi connectivity index (χ1v) is 3.43. The molecule has 0 saturated heterocycles. The van der Waals surface area contributed by atoms with Gasteiger partial charge in [0, 0.05) is 11.6 Å². The van der Waals surface area contributed by atoms with Crippen LogP contribution in [-0.2, 0) is 6.73 Å².